The average Bonchev–Trinajstić information content (AvgIpc) is 2.83. The molecule has 0 bridgehead atoms. The number of hydrogen-bond donors (Lipinski definition) is 5. The Hall–Kier alpha value is -1.86. The van der Waals surface area contributed by atoms with Crippen molar-refractivity contribution in [2.24, 2.45) is 0 Å². The van der Waals surface area contributed by atoms with Crippen molar-refractivity contribution in [1.82, 2.24) is 9.80 Å². The Kier molecular flexibility index (Phi) is 10.5. The van der Waals surface area contributed by atoms with E-state index in [-0.39, 0.29) is 23.8 Å². The number of nitro groups is 1. The van der Waals surface area contributed by atoms with Crippen LogP contribution in [0.15, 0.2) is 18.2 Å². The maximum absolute atomic E-state index is 11.6. The topological polar surface area (TPSA) is 152 Å². The van der Waals surface area contributed by atoms with Crippen molar-refractivity contribution in [3.05, 3.63) is 33.9 Å². The Bertz CT molecular complexity index is 778. The molecule has 2 saturated heterocycles. The minimum Gasteiger partial charge on any atom is -0.395 e. The van der Waals surface area contributed by atoms with Gasteiger partial charge in [-0.05, 0) is 31.0 Å². The first-order valence-electron chi connectivity index (χ1n) is 12.1. The first-order valence-corrected chi connectivity index (χ1v) is 12.1. The smallest absolute Gasteiger partial charge is 0.292 e. The van der Waals surface area contributed by atoms with Gasteiger partial charge >= 0.3 is 0 Å². The summed E-state index contributed by atoms with van der Waals surface area (Å²) in [5.41, 5.74) is 1.53. The molecule has 2 fully saturated rings. The van der Waals surface area contributed by atoms with Crippen molar-refractivity contribution >= 4 is 11.4 Å². The van der Waals surface area contributed by atoms with Crippen LogP contribution in [0.4, 0.5) is 11.4 Å². The monoisotopic (exact) mass is 482 g/mol. The van der Waals surface area contributed by atoms with Gasteiger partial charge in [-0.2, -0.15) is 0 Å². The second-order valence-corrected chi connectivity index (χ2v) is 9.13. The van der Waals surface area contributed by atoms with Crippen molar-refractivity contribution in [3.8, 4) is 0 Å². The number of benzene rings is 1. The molecule has 0 aromatic heterocycles. The molecule has 2 heterocycles. The first kappa shape index (κ1) is 26.7. The van der Waals surface area contributed by atoms with Gasteiger partial charge in [-0.15, -0.1) is 0 Å². The minimum absolute atomic E-state index is 0.0882. The van der Waals surface area contributed by atoms with Crippen LogP contribution in [0.2, 0.25) is 0 Å². The number of nitrogens with one attached hydrogen (secondary N) is 1. The Labute approximate surface area is 200 Å². The lowest BCUT2D eigenvalue weighted by Crippen LogP contribution is -2.62. The van der Waals surface area contributed by atoms with Gasteiger partial charge in [0, 0.05) is 38.8 Å². The van der Waals surface area contributed by atoms with Gasteiger partial charge in [-0.3, -0.25) is 19.9 Å². The molecule has 4 atom stereocenters. The Morgan fingerprint density at radius 1 is 1.09 bits per heavy atom. The zero-order valence-corrected chi connectivity index (χ0v) is 19.6. The number of morpholine rings is 1. The summed E-state index contributed by atoms with van der Waals surface area (Å²) in [5, 5.41) is 54.0. The number of ether oxygens (including phenoxy) is 1. The molecule has 0 radical (unpaired) electrons. The molecule has 3 rings (SSSR count). The molecular weight excluding hydrogens is 444 g/mol. The highest BCUT2D eigenvalue weighted by atomic mass is 16.6. The maximum Gasteiger partial charge on any atom is 0.292 e. The fraction of sp³-hybridized carbons (Fsp3) is 0.739. The molecule has 1 aromatic carbocycles. The highest BCUT2D eigenvalue weighted by Gasteiger charge is 2.40. The quantitative estimate of drug-likeness (QED) is 0.158. The van der Waals surface area contributed by atoms with Gasteiger partial charge in [-0.25, -0.2) is 0 Å². The third kappa shape index (κ3) is 7.32. The fourth-order valence-corrected chi connectivity index (χ4v) is 4.65. The van der Waals surface area contributed by atoms with Crippen molar-refractivity contribution in [3.63, 3.8) is 0 Å². The van der Waals surface area contributed by atoms with Crippen LogP contribution < -0.4 is 5.32 Å². The number of anilines is 1. The van der Waals surface area contributed by atoms with E-state index < -0.39 is 24.4 Å². The number of hydrogen-bond acceptors (Lipinski definition) is 10. The zero-order chi connectivity index (χ0) is 24.5. The van der Waals surface area contributed by atoms with Crippen molar-refractivity contribution in [1.29, 1.82) is 0 Å². The van der Waals surface area contributed by atoms with Crippen molar-refractivity contribution in [2.45, 2.75) is 56.6 Å². The SMILES string of the molecule is O=[N+]([O-])c1cc(CN2CCOCC2)ccc1NCCCCCCN1C[C@H](O)[C@@H](O)[C@H](O)[C@H]1CO. The standard InChI is InChI=1S/C23H38N4O7/c28-16-20-22(30)23(31)21(29)15-26(20)8-4-2-1-3-7-24-18-6-5-17(13-19(18)27(32)33)14-25-9-11-34-12-10-25/h5-6,13,20-24,28-31H,1-4,7-12,14-16H2/t20-,21+,22-,23-/m1/s1. The molecule has 1 aromatic rings. The number of nitrogens with zero attached hydrogens (tertiary/aromatic N) is 3. The molecule has 192 valence electrons. The van der Waals surface area contributed by atoms with E-state index in [1.807, 2.05) is 11.0 Å². The summed E-state index contributed by atoms with van der Waals surface area (Å²) in [6.45, 7) is 4.88. The van der Waals surface area contributed by atoms with Gasteiger partial charge in [0.1, 0.15) is 17.9 Å². The second kappa shape index (κ2) is 13.3. The Balaban J connectivity index is 1.38. The molecule has 2 aliphatic rings. The summed E-state index contributed by atoms with van der Waals surface area (Å²) < 4.78 is 5.35. The molecule has 5 N–H and O–H groups in total. The largest absolute Gasteiger partial charge is 0.395 e. The molecule has 0 saturated carbocycles. The zero-order valence-electron chi connectivity index (χ0n) is 19.6. The third-order valence-electron chi connectivity index (χ3n) is 6.67. The normalized spacial score (nSPS) is 26.5. The first-order chi connectivity index (χ1) is 16.4. The lowest BCUT2D eigenvalue weighted by atomic mass is 9.94. The van der Waals surface area contributed by atoms with Gasteiger partial charge in [-0.1, -0.05) is 18.9 Å². The van der Waals surface area contributed by atoms with Crippen LogP contribution >= 0.6 is 0 Å². The predicted octanol–water partition coefficient (Wildman–Crippen LogP) is 0.159. The lowest BCUT2D eigenvalue weighted by molar-refractivity contribution is -0.384. The van der Waals surface area contributed by atoms with Crippen LogP contribution in [0.3, 0.4) is 0 Å². The molecule has 0 spiro atoms. The number of piperidine rings is 1. The fourth-order valence-electron chi connectivity index (χ4n) is 4.65. The van der Waals surface area contributed by atoms with E-state index >= 15 is 0 Å². The van der Waals surface area contributed by atoms with Gasteiger partial charge in [0.2, 0.25) is 0 Å². The Morgan fingerprint density at radius 2 is 1.82 bits per heavy atom. The van der Waals surface area contributed by atoms with Crippen LogP contribution in [0.5, 0.6) is 0 Å². The molecule has 11 nitrogen and oxygen atoms in total. The highest BCUT2D eigenvalue weighted by molar-refractivity contribution is 5.62. The van der Waals surface area contributed by atoms with Gasteiger partial charge in [0.15, 0.2) is 0 Å². The number of rotatable bonds is 12. The van der Waals surface area contributed by atoms with Crippen molar-refractivity contribution < 1.29 is 30.1 Å². The second-order valence-electron chi connectivity index (χ2n) is 9.13. The average molecular weight is 483 g/mol. The number of likely N-dealkylation sites (tertiary alicyclic amines) is 1. The summed E-state index contributed by atoms with van der Waals surface area (Å²) in [4.78, 5) is 15.3. The van der Waals surface area contributed by atoms with E-state index in [2.05, 4.69) is 10.2 Å². The third-order valence-corrected chi connectivity index (χ3v) is 6.67. The number of β-amino-alcohol motifs (C(OH)–C–C–N with tert-alkyl or cyclic N) is 1. The lowest BCUT2D eigenvalue weighted by Gasteiger charge is -2.43. The molecule has 0 amide bonds. The van der Waals surface area contributed by atoms with E-state index in [9.17, 15) is 30.5 Å². The summed E-state index contributed by atoms with van der Waals surface area (Å²) in [5.74, 6) is 0. The summed E-state index contributed by atoms with van der Waals surface area (Å²) in [6.07, 6.45) is 0.0547. The molecule has 11 heteroatoms. The summed E-state index contributed by atoms with van der Waals surface area (Å²) in [6, 6.07) is 4.78. The number of unbranched alkanes of at least 4 members (excludes halogenated alkanes) is 3. The number of aliphatic hydroxyl groups is 4. The number of nitro benzene ring substituents is 1. The highest BCUT2D eigenvalue weighted by Crippen LogP contribution is 2.26. The van der Waals surface area contributed by atoms with Crippen LogP contribution in [0, 0.1) is 10.1 Å². The van der Waals surface area contributed by atoms with Crippen molar-refractivity contribution in [2.75, 3.05) is 57.9 Å². The predicted molar refractivity (Wildman–Crippen MR) is 127 cm³/mol. The van der Waals surface area contributed by atoms with Crippen LogP contribution in [0.1, 0.15) is 31.2 Å². The van der Waals surface area contributed by atoms with Crippen LogP contribution in [0.25, 0.3) is 0 Å². The van der Waals surface area contributed by atoms with Gasteiger partial charge in [0.05, 0.1) is 36.9 Å². The van der Waals surface area contributed by atoms with Gasteiger partial charge < -0.3 is 30.5 Å². The minimum atomic E-state index is -1.24. The van der Waals surface area contributed by atoms with Crippen LogP contribution in [-0.4, -0.2) is 112 Å². The molecule has 2 aliphatic heterocycles. The van der Waals surface area contributed by atoms with E-state index in [0.29, 0.717) is 38.5 Å². The molecule has 34 heavy (non-hydrogen) atoms. The summed E-state index contributed by atoms with van der Waals surface area (Å²) in [7, 11) is 0. The summed E-state index contributed by atoms with van der Waals surface area (Å²) >= 11 is 0. The molecule has 0 aliphatic carbocycles. The number of aliphatic hydroxyl groups excluding tert-OH is 4. The van der Waals surface area contributed by atoms with E-state index in [1.165, 1.54) is 0 Å². The molecular formula is C23H38N4O7. The maximum atomic E-state index is 11.6. The van der Waals surface area contributed by atoms with E-state index in [4.69, 9.17) is 4.74 Å². The molecule has 0 unspecified atom stereocenters. The van der Waals surface area contributed by atoms with E-state index in [1.54, 1.807) is 12.1 Å². The van der Waals surface area contributed by atoms with Crippen LogP contribution in [-0.2, 0) is 11.3 Å². The van der Waals surface area contributed by atoms with E-state index in [0.717, 1.165) is 44.3 Å². The Morgan fingerprint density at radius 3 is 2.53 bits per heavy atom. The van der Waals surface area contributed by atoms with Gasteiger partial charge in [0.25, 0.3) is 5.69 Å².